The van der Waals surface area contributed by atoms with E-state index in [2.05, 4.69) is 10.2 Å². The van der Waals surface area contributed by atoms with Crippen molar-refractivity contribution in [1.29, 1.82) is 0 Å². The number of furan rings is 1. The van der Waals surface area contributed by atoms with Crippen molar-refractivity contribution in [3.63, 3.8) is 0 Å². The molecule has 1 N–H and O–H groups in total. The zero-order valence-electron chi connectivity index (χ0n) is 13.3. The second-order valence-corrected chi connectivity index (χ2v) is 6.89. The van der Waals surface area contributed by atoms with Crippen molar-refractivity contribution in [2.45, 2.75) is 25.9 Å². The lowest BCUT2D eigenvalue weighted by Gasteiger charge is -2.32. The van der Waals surface area contributed by atoms with Crippen LogP contribution < -0.4 is 5.32 Å². The van der Waals surface area contributed by atoms with Crippen LogP contribution in [0.5, 0.6) is 0 Å². The summed E-state index contributed by atoms with van der Waals surface area (Å²) in [5.41, 5.74) is 0.928. The minimum Gasteiger partial charge on any atom is -0.467 e. The van der Waals surface area contributed by atoms with Crippen LogP contribution >= 0.6 is 23.2 Å². The fourth-order valence-corrected chi connectivity index (χ4v) is 3.57. The zero-order valence-corrected chi connectivity index (χ0v) is 14.8. The van der Waals surface area contributed by atoms with Gasteiger partial charge in [-0.3, -0.25) is 9.69 Å². The van der Waals surface area contributed by atoms with E-state index >= 15 is 0 Å². The molecule has 0 saturated carbocycles. The molecule has 0 bridgehead atoms. The van der Waals surface area contributed by atoms with Crippen molar-refractivity contribution >= 4 is 29.1 Å². The Kier molecular flexibility index (Phi) is 5.82. The summed E-state index contributed by atoms with van der Waals surface area (Å²) in [6.45, 7) is 2.76. The number of nitrogens with one attached hydrogen (secondary N) is 1. The number of benzene rings is 1. The molecule has 0 unspecified atom stereocenters. The Morgan fingerprint density at radius 3 is 2.75 bits per heavy atom. The van der Waals surface area contributed by atoms with Crippen molar-refractivity contribution < 1.29 is 9.21 Å². The van der Waals surface area contributed by atoms with Crippen LogP contribution in [0, 0.1) is 5.92 Å². The molecule has 3 rings (SSSR count). The number of halogens is 2. The van der Waals surface area contributed by atoms with Gasteiger partial charge in [-0.15, -0.1) is 0 Å². The summed E-state index contributed by atoms with van der Waals surface area (Å²) < 4.78 is 5.24. The second-order valence-electron chi connectivity index (χ2n) is 6.07. The smallest absolute Gasteiger partial charge is 0.224 e. The van der Waals surface area contributed by atoms with Gasteiger partial charge in [0.25, 0.3) is 0 Å². The molecule has 1 amide bonds. The van der Waals surface area contributed by atoms with Crippen LogP contribution in [-0.2, 0) is 17.9 Å². The van der Waals surface area contributed by atoms with Gasteiger partial charge in [0.15, 0.2) is 0 Å². The summed E-state index contributed by atoms with van der Waals surface area (Å²) in [7, 11) is 0. The van der Waals surface area contributed by atoms with Gasteiger partial charge in [-0.2, -0.15) is 0 Å². The summed E-state index contributed by atoms with van der Waals surface area (Å²) in [6, 6.07) is 9.21. The maximum absolute atomic E-state index is 12.4. The van der Waals surface area contributed by atoms with E-state index in [0.717, 1.165) is 30.7 Å². The van der Waals surface area contributed by atoms with E-state index in [4.69, 9.17) is 27.6 Å². The number of carbonyl (C=O) groups excluding carboxylic acids is 1. The van der Waals surface area contributed by atoms with E-state index < -0.39 is 0 Å². The van der Waals surface area contributed by atoms with Gasteiger partial charge in [-0.05, 0) is 43.7 Å². The van der Waals surface area contributed by atoms with Gasteiger partial charge in [-0.25, -0.2) is 0 Å². The molecule has 1 atom stereocenters. The van der Waals surface area contributed by atoms with Crippen molar-refractivity contribution in [1.82, 2.24) is 10.2 Å². The molecule has 24 heavy (non-hydrogen) atoms. The van der Waals surface area contributed by atoms with Crippen molar-refractivity contribution in [3.05, 3.63) is 58.0 Å². The standard InChI is InChI=1S/C18H20Cl2N2O2/c19-16-6-1-7-17(20)15(16)12-22-8-2-4-13(11-22)18(23)21-10-14-5-3-9-24-14/h1,3,5-7,9,13H,2,4,8,10-12H2,(H,21,23)/t13-/m1/s1. The van der Waals surface area contributed by atoms with E-state index in [1.807, 2.05) is 30.3 Å². The predicted molar refractivity (Wildman–Crippen MR) is 95.0 cm³/mol. The van der Waals surface area contributed by atoms with Crippen LogP contribution in [0.2, 0.25) is 10.0 Å². The number of rotatable bonds is 5. The van der Waals surface area contributed by atoms with Crippen LogP contribution in [0.3, 0.4) is 0 Å². The Bertz CT molecular complexity index is 668. The Hall–Kier alpha value is -1.49. The molecule has 2 heterocycles. The molecule has 1 aliphatic heterocycles. The van der Waals surface area contributed by atoms with Gasteiger partial charge in [0.05, 0.1) is 18.7 Å². The monoisotopic (exact) mass is 366 g/mol. The molecular formula is C18H20Cl2N2O2. The van der Waals surface area contributed by atoms with E-state index in [0.29, 0.717) is 29.7 Å². The molecule has 0 radical (unpaired) electrons. The normalized spacial score (nSPS) is 18.5. The third kappa shape index (κ3) is 4.32. The van der Waals surface area contributed by atoms with Crippen LogP contribution in [0.25, 0.3) is 0 Å². The molecule has 4 nitrogen and oxygen atoms in total. The topological polar surface area (TPSA) is 45.5 Å². The minimum absolute atomic E-state index is 0.0185. The van der Waals surface area contributed by atoms with Gasteiger partial charge in [0.2, 0.25) is 5.91 Å². The van der Waals surface area contributed by atoms with Gasteiger partial charge in [0, 0.05) is 28.7 Å². The predicted octanol–water partition coefficient (Wildman–Crippen LogP) is 4.11. The third-order valence-electron chi connectivity index (χ3n) is 4.34. The first-order chi connectivity index (χ1) is 11.6. The molecule has 1 fully saturated rings. The van der Waals surface area contributed by atoms with Crippen LogP contribution in [0.4, 0.5) is 0 Å². The van der Waals surface area contributed by atoms with Gasteiger partial charge >= 0.3 is 0 Å². The lowest BCUT2D eigenvalue weighted by atomic mass is 9.96. The molecule has 6 heteroatoms. The van der Waals surface area contributed by atoms with Gasteiger partial charge in [-0.1, -0.05) is 29.3 Å². The molecular weight excluding hydrogens is 347 g/mol. The molecule has 0 aliphatic carbocycles. The number of carbonyl (C=O) groups is 1. The minimum atomic E-state index is -0.0185. The number of piperidine rings is 1. The van der Waals surface area contributed by atoms with Crippen molar-refractivity contribution in [2.24, 2.45) is 5.92 Å². The first kappa shape index (κ1) is 17.3. The highest BCUT2D eigenvalue weighted by molar-refractivity contribution is 6.35. The van der Waals surface area contributed by atoms with Crippen LogP contribution in [0.15, 0.2) is 41.0 Å². The van der Waals surface area contributed by atoms with Crippen molar-refractivity contribution in [3.8, 4) is 0 Å². The molecule has 1 aliphatic rings. The summed E-state index contributed by atoms with van der Waals surface area (Å²) >= 11 is 12.5. The summed E-state index contributed by atoms with van der Waals surface area (Å²) in [6.07, 6.45) is 3.49. The average molecular weight is 367 g/mol. The van der Waals surface area contributed by atoms with Gasteiger partial charge < -0.3 is 9.73 Å². The SMILES string of the molecule is O=C(NCc1ccco1)[C@@H]1CCCN(Cc2c(Cl)cccc2Cl)C1. The van der Waals surface area contributed by atoms with E-state index in [1.54, 1.807) is 6.26 Å². The van der Waals surface area contributed by atoms with Crippen LogP contribution in [0.1, 0.15) is 24.2 Å². The number of likely N-dealkylation sites (tertiary alicyclic amines) is 1. The Labute approximate surface area is 151 Å². The number of nitrogens with zero attached hydrogens (tertiary/aromatic N) is 1. The maximum atomic E-state index is 12.4. The second kappa shape index (κ2) is 8.06. The maximum Gasteiger partial charge on any atom is 0.224 e. The van der Waals surface area contributed by atoms with E-state index in [-0.39, 0.29) is 11.8 Å². The molecule has 128 valence electrons. The van der Waals surface area contributed by atoms with Gasteiger partial charge in [0.1, 0.15) is 5.76 Å². The first-order valence-electron chi connectivity index (χ1n) is 8.09. The lowest BCUT2D eigenvalue weighted by molar-refractivity contribution is -0.127. The quantitative estimate of drug-likeness (QED) is 0.865. The molecule has 0 spiro atoms. The Morgan fingerprint density at radius 1 is 1.25 bits per heavy atom. The molecule has 1 aromatic carbocycles. The van der Waals surface area contributed by atoms with Crippen LogP contribution in [-0.4, -0.2) is 23.9 Å². The number of hydrogen-bond donors (Lipinski definition) is 1. The Balaban J connectivity index is 1.56. The third-order valence-corrected chi connectivity index (χ3v) is 5.04. The highest BCUT2D eigenvalue weighted by Gasteiger charge is 2.26. The zero-order chi connectivity index (χ0) is 16.9. The highest BCUT2D eigenvalue weighted by atomic mass is 35.5. The molecule has 1 saturated heterocycles. The number of hydrogen-bond acceptors (Lipinski definition) is 3. The fraction of sp³-hybridized carbons (Fsp3) is 0.389. The average Bonchev–Trinajstić information content (AvgIpc) is 3.10. The van der Waals surface area contributed by atoms with E-state index in [1.165, 1.54) is 0 Å². The summed E-state index contributed by atoms with van der Waals surface area (Å²) in [5.74, 6) is 0.815. The van der Waals surface area contributed by atoms with Crippen molar-refractivity contribution in [2.75, 3.05) is 13.1 Å². The summed E-state index contributed by atoms with van der Waals surface area (Å²) in [5, 5.41) is 4.30. The molecule has 1 aromatic heterocycles. The highest BCUT2D eigenvalue weighted by Crippen LogP contribution is 2.27. The fourth-order valence-electron chi connectivity index (χ4n) is 3.05. The lowest BCUT2D eigenvalue weighted by Crippen LogP contribution is -2.42. The first-order valence-corrected chi connectivity index (χ1v) is 8.84. The molecule has 2 aromatic rings. The summed E-state index contributed by atoms with van der Waals surface area (Å²) in [4.78, 5) is 14.6. The number of amides is 1. The van der Waals surface area contributed by atoms with E-state index in [9.17, 15) is 4.79 Å². The Morgan fingerprint density at radius 2 is 2.04 bits per heavy atom. The largest absolute Gasteiger partial charge is 0.467 e.